The summed E-state index contributed by atoms with van der Waals surface area (Å²) in [7, 11) is 1.40. The number of esters is 1. The molecule has 0 aliphatic carbocycles. The third-order valence-electron chi connectivity index (χ3n) is 6.89. The molecule has 39 heavy (non-hydrogen) atoms. The number of hydrogen-bond acceptors (Lipinski definition) is 6. The van der Waals surface area contributed by atoms with Crippen molar-refractivity contribution in [1.29, 1.82) is 0 Å². The van der Waals surface area contributed by atoms with Crippen molar-refractivity contribution >= 4 is 5.97 Å². The lowest BCUT2D eigenvalue weighted by Gasteiger charge is -2.25. The standard InChI is InChI=1S/C32H35N3O4/c1-3-4-16-35-28(20-33-31(35)26-8-6-5-7-9-26)23-34(21-24-10-13-27(14-11-24)32(36)37-2)22-25-12-15-29-30(19-25)39-18-17-38-29/h5-15,19-20H,3-4,16-18,21-23H2,1-2H3. The van der Waals surface area contributed by atoms with Crippen molar-refractivity contribution in [2.24, 2.45) is 0 Å². The Morgan fingerprint density at radius 1 is 0.923 bits per heavy atom. The lowest BCUT2D eigenvalue weighted by Crippen LogP contribution is -2.24. The Hall–Kier alpha value is -4.10. The number of aromatic nitrogens is 2. The number of rotatable bonds is 11. The van der Waals surface area contributed by atoms with Crippen molar-refractivity contribution in [2.75, 3.05) is 20.3 Å². The smallest absolute Gasteiger partial charge is 0.337 e. The lowest BCUT2D eigenvalue weighted by molar-refractivity contribution is 0.0600. The molecule has 0 bridgehead atoms. The summed E-state index contributed by atoms with van der Waals surface area (Å²) in [5, 5.41) is 0. The SMILES string of the molecule is CCCCn1c(CN(Cc2ccc(C(=O)OC)cc2)Cc2ccc3c(c2)OCCO3)cnc1-c1ccccc1. The van der Waals surface area contributed by atoms with Crippen molar-refractivity contribution in [3.8, 4) is 22.9 Å². The summed E-state index contributed by atoms with van der Waals surface area (Å²) < 4.78 is 18.8. The quantitative estimate of drug-likeness (QED) is 0.220. The first-order valence-electron chi connectivity index (χ1n) is 13.5. The molecule has 0 radical (unpaired) electrons. The second-order valence-corrected chi connectivity index (χ2v) is 9.76. The van der Waals surface area contributed by atoms with E-state index in [4.69, 9.17) is 19.2 Å². The molecule has 2 heterocycles. The number of nitrogens with zero attached hydrogens (tertiary/aromatic N) is 3. The summed E-state index contributed by atoms with van der Waals surface area (Å²) in [6, 6.07) is 24.2. The molecule has 4 aromatic rings. The third kappa shape index (κ3) is 6.49. The maximum absolute atomic E-state index is 11.9. The van der Waals surface area contributed by atoms with Gasteiger partial charge >= 0.3 is 5.97 Å². The molecule has 0 unspecified atom stereocenters. The normalized spacial score (nSPS) is 12.5. The maximum Gasteiger partial charge on any atom is 0.337 e. The van der Waals surface area contributed by atoms with Gasteiger partial charge in [0.1, 0.15) is 19.0 Å². The van der Waals surface area contributed by atoms with Gasteiger partial charge in [-0.1, -0.05) is 61.9 Å². The van der Waals surface area contributed by atoms with Crippen LogP contribution < -0.4 is 9.47 Å². The molecule has 0 N–H and O–H groups in total. The van der Waals surface area contributed by atoms with Crippen LogP contribution in [0.2, 0.25) is 0 Å². The first-order valence-corrected chi connectivity index (χ1v) is 13.5. The molecule has 0 saturated carbocycles. The molecule has 0 amide bonds. The minimum Gasteiger partial charge on any atom is -0.486 e. The van der Waals surface area contributed by atoms with Gasteiger partial charge in [0, 0.05) is 31.7 Å². The number of carbonyl (C=O) groups excluding carboxylic acids is 1. The number of hydrogen-bond donors (Lipinski definition) is 0. The van der Waals surface area contributed by atoms with Gasteiger partial charge in [-0.25, -0.2) is 9.78 Å². The predicted molar refractivity (Wildman–Crippen MR) is 151 cm³/mol. The van der Waals surface area contributed by atoms with E-state index >= 15 is 0 Å². The van der Waals surface area contributed by atoms with Gasteiger partial charge in [-0.2, -0.15) is 0 Å². The number of ether oxygens (including phenoxy) is 3. The first kappa shape index (κ1) is 26.5. The van der Waals surface area contributed by atoms with Crippen molar-refractivity contribution in [2.45, 2.75) is 45.9 Å². The van der Waals surface area contributed by atoms with Gasteiger partial charge in [-0.3, -0.25) is 4.90 Å². The molecule has 7 nitrogen and oxygen atoms in total. The highest BCUT2D eigenvalue weighted by Crippen LogP contribution is 2.31. The molecule has 202 valence electrons. The van der Waals surface area contributed by atoms with Gasteiger partial charge in [0.05, 0.1) is 24.6 Å². The molecule has 0 saturated heterocycles. The Morgan fingerprint density at radius 2 is 1.64 bits per heavy atom. The number of carbonyl (C=O) groups is 1. The van der Waals surface area contributed by atoms with E-state index in [-0.39, 0.29) is 5.97 Å². The van der Waals surface area contributed by atoms with E-state index in [9.17, 15) is 4.79 Å². The summed E-state index contributed by atoms with van der Waals surface area (Å²) >= 11 is 0. The van der Waals surface area contributed by atoms with Crippen LogP contribution in [0.5, 0.6) is 11.5 Å². The van der Waals surface area contributed by atoms with Crippen molar-refractivity contribution in [3.63, 3.8) is 0 Å². The van der Waals surface area contributed by atoms with Crippen molar-refractivity contribution in [3.05, 3.63) is 101 Å². The number of benzene rings is 3. The minimum absolute atomic E-state index is 0.331. The van der Waals surface area contributed by atoms with Crippen LogP contribution in [-0.4, -0.2) is 40.7 Å². The molecular formula is C32H35N3O4. The largest absolute Gasteiger partial charge is 0.486 e. The maximum atomic E-state index is 11.9. The zero-order valence-electron chi connectivity index (χ0n) is 22.6. The van der Waals surface area contributed by atoms with Crippen LogP contribution in [0.1, 0.15) is 46.9 Å². The van der Waals surface area contributed by atoms with Gasteiger partial charge in [0.2, 0.25) is 0 Å². The Labute approximate surface area is 230 Å². The number of imidazole rings is 1. The molecule has 7 heteroatoms. The highest BCUT2D eigenvalue weighted by atomic mass is 16.6. The number of fused-ring (bicyclic) bond motifs is 1. The van der Waals surface area contributed by atoms with Crippen molar-refractivity contribution in [1.82, 2.24) is 14.5 Å². The number of unbranched alkanes of at least 4 members (excludes halogenated alkanes) is 1. The highest BCUT2D eigenvalue weighted by Gasteiger charge is 2.18. The molecule has 1 aliphatic heterocycles. The topological polar surface area (TPSA) is 65.8 Å². The predicted octanol–water partition coefficient (Wildman–Crippen LogP) is 6.11. The highest BCUT2D eigenvalue weighted by molar-refractivity contribution is 5.89. The van der Waals surface area contributed by atoms with E-state index in [0.717, 1.165) is 66.5 Å². The van der Waals surface area contributed by atoms with Crippen LogP contribution in [0.15, 0.2) is 79.0 Å². The Kier molecular flexibility index (Phi) is 8.58. The van der Waals surface area contributed by atoms with E-state index in [1.54, 1.807) is 0 Å². The van der Waals surface area contributed by atoms with E-state index in [2.05, 4.69) is 52.8 Å². The van der Waals surface area contributed by atoms with Crippen LogP contribution in [0, 0.1) is 0 Å². The van der Waals surface area contributed by atoms with Crippen molar-refractivity contribution < 1.29 is 19.0 Å². The van der Waals surface area contributed by atoms with E-state index in [1.807, 2.05) is 42.6 Å². The van der Waals surface area contributed by atoms with Gasteiger partial charge < -0.3 is 18.8 Å². The van der Waals surface area contributed by atoms with E-state index in [1.165, 1.54) is 12.8 Å². The molecule has 1 aromatic heterocycles. The fourth-order valence-electron chi connectivity index (χ4n) is 4.88. The van der Waals surface area contributed by atoms with Crippen LogP contribution in [-0.2, 0) is 30.9 Å². The summed E-state index contributed by atoms with van der Waals surface area (Å²) in [5.41, 5.74) is 5.10. The zero-order valence-corrected chi connectivity index (χ0v) is 22.6. The fourth-order valence-corrected chi connectivity index (χ4v) is 4.88. The Balaban J connectivity index is 1.44. The van der Waals surface area contributed by atoms with Crippen LogP contribution in [0.4, 0.5) is 0 Å². The molecular weight excluding hydrogens is 490 g/mol. The van der Waals surface area contributed by atoms with Gasteiger partial charge in [-0.05, 0) is 41.8 Å². The van der Waals surface area contributed by atoms with Crippen LogP contribution in [0.25, 0.3) is 11.4 Å². The third-order valence-corrected chi connectivity index (χ3v) is 6.89. The number of methoxy groups -OCH3 is 1. The Morgan fingerprint density at radius 3 is 2.38 bits per heavy atom. The van der Waals surface area contributed by atoms with Crippen LogP contribution in [0.3, 0.4) is 0 Å². The molecule has 0 spiro atoms. The lowest BCUT2D eigenvalue weighted by atomic mass is 10.1. The first-order chi connectivity index (χ1) is 19.1. The second kappa shape index (κ2) is 12.6. The van der Waals surface area contributed by atoms with Gasteiger partial charge in [0.15, 0.2) is 11.5 Å². The molecule has 3 aromatic carbocycles. The molecule has 1 aliphatic rings. The van der Waals surface area contributed by atoms with Gasteiger partial charge in [-0.15, -0.1) is 0 Å². The van der Waals surface area contributed by atoms with E-state index < -0.39 is 0 Å². The average molecular weight is 526 g/mol. The zero-order chi connectivity index (χ0) is 27.0. The minimum atomic E-state index is -0.331. The average Bonchev–Trinajstić information content (AvgIpc) is 3.38. The van der Waals surface area contributed by atoms with E-state index in [0.29, 0.717) is 25.3 Å². The fraction of sp³-hybridized carbons (Fsp3) is 0.312. The summed E-state index contributed by atoms with van der Waals surface area (Å²) in [5.74, 6) is 2.25. The van der Waals surface area contributed by atoms with Crippen LogP contribution >= 0.6 is 0 Å². The summed E-state index contributed by atoms with van der Waals surface area (Å²) in [6.45, 7) is 6.41. The molecule has 0 fully saturated rings. The van der Waals surface area contributed by atoms with Gasteiger partial charge in [0.25, 0.3) is 0 Å². The Bertz CT molecular complexity index is 1380. The molecule has 0 atom stereocenters. The summed E-state index contributed by atoms with van der Waals surface area (Å²) in [4.78, 5) is 19.2. The monoisotopic (exact) mass is 525 g/mol. The second-order valence-electron chi connectivity index (χ2n) is 9.76. The molecule has 5 rings (SSSR count). The summed E-state index contributed by atoms with van der Waals surface area (Å²) in [6.07, 6.45) is 4.20.